The number of carbonyl (C=O) groups is 2. The van der Waals surface area contributed by atoms with Crippen LogP contribution in [0.4, 0.5) is 28.9 Å². The van der Waals surface area contributed by atoms with Crippen LogP contribution < -0.4 is 16.0 Å². The summed E-state index contributed by atoms with van der Waals surface area (Å²) in [5.41, 5.74) is 5.29. The molecule has 1 heterocycles. The van der Waals surface area contributed by atoms with Crippen LogP contribution in [0.5, 0.6) is 0 Å². The number of nitrogens with zero attached hydrogens (tertiary/aromatic N) is 2. The van der Waals surface area contributed by atoms with Gasteiger partial charge in [-0.15, -0.1) is 0 Å². The maximum absolute atomic E-state index is 13.5. The number of alkyl halides is 4. The van der Waals surface area contributed by atoms with Gasteiger partial charge in [-0.2, -0.15) is 0 Å². The third-order valence-corrected chi connectivity index (χ3v) is 10.3. The van der Waals surface area contributed by atoms with Gasteiger partial charge in [-0.25, -0.2) is 22.5 Å². The van der Waals surface area contributed by atoms with Gasteiger partial charge in [0.1, 0.15) is 5.82 Å². The van der Waals surface area contributed by atoms with Crippen molar-refractivity contribution < 1.29 is 27.2 Å². The SMILES string of the molecule is CNc1c(N=CCNC(=O)C2CCC(F)(F)CC2)ccc2cc(-c3ccc4c(ccc5[nH]c(CNC(=O)C6CCC(F)(F)CC6)nc54)c3)ccc12. The highest BCUT2D eigenvalue weighted by Crippen LogP contribution is 2.38. The molecule has 4 N–H and O–H groups in total. The minimum Gasteiger partial charge on any atom is -0.386 e. The minimum absolute atomic E-state index is 0.190. The molecule has 4 aromatic carbocycles. The van der Waals surface area contributed by atoms with Crippen LogP contribution in [0.2, 0.25) is 0 Å². The van der Waals surface area contributed by atoms with Crippen molar-refractivity contribution in [2.45, 2.75) is 69.8 Å². The molecule has 0 saturated heterocycles. The molecule has 7 rings (SSSR count). The standard InChI is InChI=1S/C39H40F4N6O2/c1-44-34-29-6-2-25(20-27(29)4-8-31(34)45-18-19-46-36(50)23-10-14-38(40,41)15-11-23)26-3-7-30-28(21-26)5-9-32-35(30)49-33(48-32)22-47-37(51)24-12-16-39(42,43)17-13-24/h2-9,18,20-21,23-24,44H,10-17,19,22H2,1H3,(H,46,50)(H,47,51)(H,48,49). The molecular formula is C39H40F4N6O2. The Morgan fingerprint density at radius 1 is 0.804 bits per heavy atom. The van der Waals surface area contributed by atoms with Crippen molar-refractivity contribution in [2.24, 2.45) is 16.8 Å². The van der Waals surface area contributed by atoms with E-state index in [1.54, 1.807) is 6.21 Å². The molecule has 1 aromatic heterocycles. The van der Waals surface area contributed by atoms with Crippen LogP contribution >= 0.6 is 0 Å². The topological polar surface area (TPSA) is 111 Å². The molecule has 0 spiro atoms. The van der Waals surface area contributed by atoms with Crippen LogP contribution in [0, 0.1) is 11.8 Å². The van der Waals surface area contributed by atoms with E-state index in [1.165, 1.54) is 0 Å². The second-order valence-corrected chi connectivity index (χ2v) is 13.8. The van der Waals surface area contributed by atoms with Gasteiger partial charge in [-0.05, 0) is 71.8 Å². The highest BCUT2D eigenvalue weighted by atomic mass is 19.3. The summed E-state index contributed by atoms with van der Waals surface area (Å²) in [4.78, 5) is 37.7. The number of fused-ring (bicyclic) bond motifs is 4. The summed E-state index contributed by atoms with van der Waals surface area (Å²) in [5, 5.41) is 12.9. The first kappa shape index (κ1) is 34.4. The average Bonchev–Trinajstić information content (AvgIpc) is 3.55. The van der Waals surface area contributed by atoms with Gasteiger partial charge in [0.05, 0.1) is 35.5 Å². The van der Waals surface area contributed by atoms with E-state index in [9.17, 15) is 27.2 Å². The Kier molecular flexibility index (Phi) is 9.43. The maximum Gasteiger partial charge on any atom is 0.248 e. The lowest BCUT2D eigenvalue weighted by Gasteiger charge is -2.27. The van der Waals surface area contributed by atoms with Crippen LogP contribution in [0.3, 0.4) is 0 Å². The highest BCUT2D eigenvalue weighted by Gasteiger charge is 2.38. The Hall–Kier alpha value is -5.00. The van der Waals surface area contributed by atoms with Gasteiger partial charge < -0.3 is 20.9 Å². The van der Waals surface area contributed by atoms with Gasteiger partial charge in [0.25, 0.3) is 0 Å². The number of hydrogen-bond donors (Lipinski definition) is 4. The number of aromatic nitrogens is 2. The van der Waals surface area contributed by atoms with Crippen LogP contribution in [-0.2, 0) is 16.1 Å². The number of nitrogens with one attached hydrogen (secondary N) is 4. The number of rotatable bonds is 9. The van der Waals surface area contributed by atoms with E-state index in [0.29, 0.717) is 5.82 Å². The molecule has 8 nitrogen and oxygen atoms in total. The highest BCUT2D eigenvalue weighted by molar-refractivity contribution is 6.06. The van der Waals surface area contributed by atoms with Crippen LogP contribution in [0.1, 0.15) is 57.2 Å². The third kappa shape index (κ3) is 7.55. The lowest BCUT2D eigenvalue weighted by Crippen LogP contribution is -2.36. The largest absolute Gasteiger partial charge is 0.386 e. The van der Waals surface area contributed by atoms with Crippen LogP contribution in [-0.4, -0.2) is 53.4 Å². The number of aliphatic imine (C=N–C) groups is 1. The van der Waals surface area contributed by atoms with E-state index in [1.807, 2.05) is 37.4 Å². The second kappa shape index (κ2) is 14.0. The van der Waals surface area contributed by atoms with Gasteiger partial charge in [0, 0.05) is 61.6 Å². The Labute approximate surface area is 292 Å². The predicted octanol–water partition coefficient (Wildman–Crippen LogP) is 8.66. The van der Waals surface area contributed by atoms with Crippen molar-refractivity contribution in [2.75, 3.05) is 18.9 Å². The zero-order valence-corrected chi connectivity index (χ0v) is 28.3. The number of amides is 2. The zero-order chi connectivity index (χ0) is 35.8. The Bertz CT molecular complexity index is 2130. The first-order valence-corrected chi connectivity index (χ1v) is 17.5. The summed E-state index contributed by atoms with van der Waals surface area (Å²) in [7, 11) is 1.83. The molecule has 12 heteroatoms. The maximum atomic E-state index is 13.5. The van der Waals surface area contributed by atoms with E-state index in [4.69, 9.17) is 4.98 Å². The van der Waals surface area contributed by atoms with E-state index in [2.05, 4.69) is 56.3 Å². The summed E-state index contributed by atoms with van der Waals surface area (Å²) >= 11 is 0. The quantitative estimate of drug-likeness (QED) is 0.0911. The van der Waals surface area contributed by atoms with Gasteiger partial charge in [-0.1, -0.05) is 36.4 Å². The molecule has 0 aliphatic heterocycles. The summed E-state index contributed by atoms with van der Waals surface area (Å²) in [6.45, 7) is 0.407. The van der Waals surface area contributed by atoms with E-state index >= 15 is 0 Å². The molecule has 2 aliphatic carbocycles. The monoisotopic (exact) mass is 700 g/mol. The summed E-state index contributed by atoms with van der Waals surface area (Å²) in [6.07, 6.45) is 1.39. The lowest BCUT2D eigenvalue weighted by molar-refractivity contribution is -0.130. The van der Waals surface area contributed by atoms with E-state index in [0.717, 1.165) is 55.1 Å². The molecule has 0 unspecified atom stereocenters. The number of anilines is 1. The number of carbonyl (C=O) groups excluding carboxylic acids is 2. The van der Waals surface area contributed by atoms with Gasteiger partial charge in [0.2, 0.25) is 23.7 Å². The van der Waals surface area contributed by atoms with Gasteiger partial charge in [-0.3, -0.25) is 14.6 Å². The molecule has 0 atom stereocenters. The van der Waals surface area contributed by atoms with Gasteiger partial charge in [0.15, 0.2) is 0 Å². The third-order valence-electron chi connectivity index (χ3n) is 10.3. The lowest BCUT2D eigenvalue weighted by atomic mass is 9.86. The molecule has 266 valence electrons. The number of imidazole rings is 1. The molecule has 0 radical (unpaired) electrons. The summed E-state index contributed by atoms with van der Waals surface area (Å²) in [6, 6.07) is 20.4. The first-order valence-electron chi connectivity index (χ1n) is 17.5. The molecule has 2 amide bonds. The number of benzene rings is 4. The fraction of sp³-hybridized carbons (Fsp3) is 0.385. The number of halogens is 4. The molecular weight excluding hydrogens is 660 g/mol. The fourth-order valence-electron chi connectivity index (χ4n) is 7.34. The van der Waals surface area contributed by atoms with E-state index in [-0.39, 0.29) is 82.2 Å². The molecule has 2 saturated carbocycles. The molecule has 51 heavy (non-hydrogen) atoms. The minimum atomic E-state index is -2.67. The predicted molar refractivity (Wildman–Crippen MR) is 193 cm³/mol. The van der Waals surface area contributed by atoms with Crippen LogP contribution in [0.25, 0.3) is 43.7 Å². The zero-order valence-electron chi connectivity index (χ0n) is 28.3. The molecule has 0 bridgehead atoms. The first-order chi connectivity index (χ1) is 24.5. The Morgan fingerprint density at radius 3 is 2.00 bits per heavy atom. The van der Waals surface area contributed by atoms with E-state index < -0.39 is 17.8 Å². The van der Waals surface area contributed by atoms with Crippen molar-refractivity contribution >= 4 is 62.0 Å². The summed E-state index contributed by atoms with van der Waals surface area (Å²) < 4.78 is 53.9. The Balaban J connectivity index is 1.02. The van der Waals surface area contributed by atoms with Crippen molar-refractivity contribution in [3.63, 3.8) is 0 Å². The normalized spacial score (nSPS) is 18.1. The van der Waals surface area contributed by atoms with Crippen molar-refractivity contribution in [3.05, 3.63) is 66.5 Å². The molecule has 5 aromatic rings. The fourth-order valence-corrected chi connectivity index (χ4v) is 7.34. The summed E-state index contributed by atoms with van der Waals surface area (Å²) in [5.74, 6) is -5.93. The van der Waals surface area contributed by atoms with Crippen molar-refractivity contribution in [1.82, 2.24) is 20.6 Å². The second-order valence-electron chi connectivity index (χ2n) is 13.8. The van der Waals surface area contributed by atoms with Gasteiger partial charge >= 0.3 is 0 Å². The van der Waals surface area contributed by atoms with Crippen LogP contribution in [0.15, 0.2) is 65.7 Å². The smallest absolute Gasteiger partial charge is 0.248 e. The molecule has 2 aliphatic rings. The number of hydrogen-bond acceptors (Lipinski definition) is 5. The number of H-pyrrole nitrogens is 1. The average molecular weight is 701 g/mol. The van der Waals surface area contributed by atoms with Crippen molar-refractivity contribution in [1.29, 1.82) is 0 Å². The molecule has 2 fully saturated rings. The van der Waals surface area contributed by atoms with Crippen molar-refractivity contribution in [3.8, 4) is 11.1 Å². The Morgan fingerprint density at radius 2 is 1.37 bits per heavy atom. The number of aromatic amines is 1.